The summed E-state index contributed by atoms with van der Waals surface area (Å²) >= 11 is 0. The highest BCUT2D eigenvalue weighted by Gasteiger charge is 2.14. The molecule has 2 N–H and O–H groups in total. The number of unbranched alkanes of at least 4 members (excludes halogenated alkanes) is 17. The van der Waals surface area contributed by atoms with Crippen molar-refractivity contribution in [2.24, 2.45) is 0 Å². The quantitative estimate of drug-likeness (QED) is 0.0613. The third-order valence-electron chi connectivity index (χ3n) is 6.27. The Bertz CT molecular complexity index is 403. The maximum absolute atomic E-state index is 10.7. The van der Waals surface area contributed by atoms with Crippen molar-refractivity contribution in [2.75, 3.05) is 26.8 Å². The molecule has 0 aromatic heterocycles. The molecule has 0 aliphatic carbocycles. The van der Waals surface area contributed by atoms with Gasteiger partial charge in [0.15, 0.2) is 0 Å². The van der Waals surface area contributed by atoms with E-state index in [2.05, 4.69) is 12.2 Å². The van der Waals surface area contributed by atoms with Crippen LogP contribution in [0.4, 0.5) is 0 Å². The zero-order chi connectivity index (χ0) is 25.0. The highest BCUT2D eigenvalue weighted by atomic mass is 31.2. The van der Waals surface area contributed by atoms with E-state index in [4.69, 9.17) is 13.8 Å². The van der Waals surface area contributed by atoms with Crippen LogP contribution in [-0.4, -0.2) is 44.3 Å². The first-order valence-electron chi connectivity index (χ1n) is 14.2. The van der Waals surface area contributed by atoms with Crippen LogP contribution in [0.3, 0.4) is 0 Å². The highest BCUT2D eigenvalue weighted by molar-refractivity contribution is 7.40. The number of carbonyl (C=O) groups is 1. The Labute approximate surface area is 212 Å². The molecule has 0 aliphatic rings. The molecule has 0 saturated heterocycles. The zero-order valence-electron chi connectivity index (χ0n) is 22.4. The maximum atomic E-state index is 10.7. The minimum atomic E-state index is -1.90. The number of rotatable bonds is 29. The predicted molar refractivity (Wildman–Crippen MR) is 144 cm³/mol. The molecular formula is C27H56NO5P. The van der Waals surface area contributed by atoms with Crippen LogP contribution in [0, 0.1) is 0 Å². The summed E-state index contributed by atoms with van der Waals surface area (Å²) in [5, 5.41) is 3.07. The van der Waals surface area contributed by atoms with E-state index < -0.39 is 8.60 Å². The molecule has 0 rings (SSSR count). The third-order valence-corrected chi connectivity index (χ3v) is 7.04. The van der Waals surface area contributed by atoms with E-state index in [1.807, 2.05) is 7.05 Å². The molecule has 34 heavy (non-hydrogen) atoms. The highest BCUT2D eigenvalue weighted by Crippen LogP contribution is 2.33. The molecule has 204 valence electrons. The number of nitrogens with one attached hydrogen (secondary N) is 1. The van der Waals surface area contributed by atoms with Gasteiger partial charge >= 0.3 is 8.60 Å². The van der Waals surface area contributed by atoms with Gasteiger partial charge in [-0.15, -0.1) is 0 Å². The minimum absolute atomic E-state index is 0.191. The van der Waals surface area contributed by atoms with E-state index in [-0.39, 0.29) is 12.7 Å². The smallest absolute Gasteiger partial charge is 0.329 e. The summed E-state index contributed by atoms with van der Waals surface area (Å²) in [7, 11) is 0.0117. The van der Waals surface area contributed by atoms with Crippen LogP contribution in [0.5, 0.6) is 0 Å². The number of hydrogen-bond acceptors (Lipinski definition) is 6. The molecule has 0 radical (unpaired) electrons. The van der Waals surface area contributed by atoms with Crippen LogP contribution in [0.15, 0.2) is 0 Å². The van der Waals surface area contributed by atoms with Gasteiger partial charge < -0.3 is 24.0 Å². The molecule has 0 aromatic rings. The van der Waals surface area contributed by atoms with Gasteiger partial charge in [-0.05, 0) is 39.3 Å². The molecule has 7 heteroatoms. The van der Waals surface area contributed by atoms with Gasteiger partial charge in [0.05, 0.1) is 13.2 Å². The molecule has 0 fully saturated rings. The molecule has 6 nitrogen and oxygen atoms in total. The van der Waals surface area contributed by atoms with E-state index in [0.717, 1.165) is 38.6 Å². The zero-order valence-corrected chi connectivity index (χ0v) is 23.3. The first-order chi connectivity index (χ1) is 16.7. The lowest BCUT2D eigenvalue weighted by atomic mass is 10.0. The van der Waals surface area contributed by atoms with Crippen molar-refractivity contribution in [2.45, 2.75) is 141 Å². The van der Waals surface area contributed by atoms with Gasteiger partial charge in [-0.2, -0.15) is 0 Å². The second kappa shape index (κ2) is 29.0. The van der Waals surface area contributed by atoms with Gasteiger partial charge in [0, 0.05) is 0 Å². The fraction of sp³-hybridized carbons (Fsp3) is 0.963. The van der Waals surface area contributed by atoms with Crippen molar-refractivity contribution in [1.29, 1.82) is 0 Å². The Balaban J connectivity index is 3.45. The number of ether oxygens (including phenoxy) is 1. The minimum Gasteiger partial charge on any atom is -0.462 e. The number of carbonyl (C=O) groups excluding carboxylic acids is 1. The lowest BCUT2D eigenvalue weighted by Gasteiger charge is -2.17. The second-order valence-corrected chi connectivity index (χ2v) is 10.5. The summed E-state index contributed by atoms with van der Waals surface area (Å²) in [5.74, 6) is 0. The molecule has 0 heterocycles. The second-order valence-electron chi connectivity index (χ2n) is 9.48. The largest absolute Gasteiger partial charge is 0.462 e. The maximum Gasteiger partial charge on any atom is 0.329 e. The standard InChI is InChI=1S/C27H56NO5P/c1-3-4-5-6-7-8-9-10-11-12-13-14-15-16-17-18-19-22-27(31-26-29)25-33-34(30)32-24-21-20-23-28-2/h26-28,30H,3-25H2,1-2H3. The first kappa shape index (κ1) is 33.7. The van der Waals surface area contributed by atoms with Crippen molar-refractivity contribution in [3.8, 4) is 0 Å². The topological polar surface area (TPSA) is 77.0 Å². The van der Waals surface area contributed by atoms with Crippen molar-refractivity contribution in [3.05, 3.63) is 0 Å². The average molecular weight is 506 g/mol. The van der Waals surface area contributed by atoms with Crippen LogP contribution in [0.1, 0.15) is 135 Å². The van der Waals surface area contributed by atoms with E-state index >= 15 is 0 Å². The van der Waals surface area contributed by atoms with E-state index in [1.165, 1.54) is 96.3 Å². The molecule has 0 saturated carbocycles. The molecule has 0 aliphatic heterocycles. The average Bonchev–Trinajstić information content (AvgIpc) is 2.84. The monoisotopic (exact) mass is 505 g/mol. The van der Waals surface area contributed by atoms with Gasteiger partial charge in [0.25, 0.3) is 6.47 Å². The van der Waals surface area contributed by atoms with Gasteiger partial charge in [0.1, 0.15) is 6.10 Å². The summed E-state index contributed by atoms with van der Waals surface area (Å²) in [4.78, 5) is 20.5. The molecule has 0 spiro atoms. The Kier molecular flexibility index (Phi) is 28.8. The molecule has 0 aromatic carbocycles. The lowest BCUT2D eigenvalue weighted by molar-refractivity contribution is -0.135. The Morgan fingerprint density at radius 1 is 0.735 bits per heavy atom. The predicted octanol–water partition coefficient (Wildman–Crippen LogP) is 7.82. The first-order valence-corrected chi connectivity index (χ1v) is 15.4. The van der Waals surface area contributed by atoms with E-state index in [9.17, 15) is 9.69 Å². The molecule has 0 amide bonds. The van der Waals surface area contributed by atoms with Gasteiger partial charge in [-0.25, -0.2) is 0 Å². The van der Waals surface area contributed by atoms with E-state index in [1.54, 1.807) is 0 Å². The summed E-state index contributed by atoms with van der Waals surface area (Å²) in [5.41, 5.74) is 0. The van der Waals surface area contributed by atoms with Crippen LogP contribution in [0.25, 0.3) is 0 Å². The van der Waals surface area contributed by atoms with Crippen LogP contribution < -0.4 is 5.32 Å². The van der Waals surface area contributed by atoms with Crippen LogP contribution in [0.2, 0.25) is 0 Å². The Morgan fingerprint density at radius 2 is 1.24 bits per heavy atom. The van der Waals surface area contributed by atoms with Gasteiger partial charge in [-0.1, -0.05) is 110 Å². The summed E-state index contributed by atoms with van der Waals surface area (Å²) in [6, 6.07) is 0. The Morgan fingerprint density at radius 3 is 1.71 bits per heavy atom. The molecule has 2 atom stereocenters. The number of hydrogen-bond donors (Lipinski definition) is 2. The van der Waals surface area contributed by atoms with Crippen molar-refractivity contribution >= 4 is 15.1 Å². The normalized spacial score (nSPS) is 13.1. The summed E-state index contributed by atoms with van der Waals surface area (Å²) in [6.45, 7) is 4.35. The van der Waals surface area contributed by atoms with E-state index in [0.29, 0.717) is 13.1 Å². The molecular weight excluding hydrogens is 449 g/mol. The van der Waals surface area contributed by atoms with Crippen molar-refractivity contribution in [3.63, 3.8) is 0 Å². The SMILES string of the molecule is CCCCCCCCCCCCCCCCCCCC(COP(O)OCCCCNC)OC=O. The summed E-state index contributed by atoms with van der Waals surface area (Å²) in [6.07, 6.45) is 25.2. The molecule has 2 unspecified atom stereocenters. The van der Waals surface area contributed by atoms with Gasteiger partial charge in [0.2, 0.25) is 0 Å². The fourth-order valence-corrected chi connectivity index (χ4v) is 4.75. The summed E-state index contributed by atoms with van der Waals surface area (Å²) < 4.78 is 15.7. The Hall–Kier alpha value is -0.260. The van der Waals surface area contributed by atoms with Crippen LogP contribution in [-0.2, 0) is 18.6 Å². The third kappa shape index (κ3) is 26.3. The van der Waals surface area contributed by atoms with Crippen LogP contribution >= 0.6 is 8.60 Å². The fourth-order valence-electron chi connectivity index (χ4n) is 4.10. The lowest BCUT2D eigenvalue weighted by Crippen LogP contribution is -2.18. The van der Waals surface area contributed by atoms with Crippen molar-refractivity contribution in [1.82, 2.24) is 5.32 Å². The molecule has 0 bridgehead atoms. The van der Waals surface area contributed by atoms with Gasteiger partial charge in [-0.3, -0.25) is 4.79 Å². The van der Waals surface area contributed by atoms with Crippen molar-refractivity contribution < 1.29 is 23.5 Å².